The molecule has 0 aliphatic heterocycles. The molecule has 0 aliphatic rings. The third-order valence-corrected chi connectivity index (χ3v) is 6.16. The van der Waals surface area contributed by atoms with E-state index in [4.69, 9.17) is 16.3 Å². The molecule has 1 N–H and O–H groups in total. The van der Waals surface area contributed by atoms with Gasteiger partial charge in [0.25, 0.3) is 5.91 Å². The molecule has 3 aromatic carbocycles. The van der Waals surface area contributed by atoms with E-state index in [1.165, 1.54) is 0 Å². The molecule has 1 atom stereocenters. The monoisotopic (exact) mass is 506 g/mol. The van der Waals surface area contributed by atoms with Gasteiger partial charge in [-0.1, -0.05) is 71.8 Å². The molecule has 0 unspecified atom stereocenters. The van der Waals surface area contributed by atoms with Crippen LogP contribution >= 0.6 is 11.6 Å². The fraction of sp³-hybridized carbons (Fsp3) is 0.333. The Hall–Kier alpha value is -3.31. The molecule has 0 bridgehead atoms. The lowest BCUT2D eigenvalue weighted by atomic mass is 10.0. The van der Waals surface area contributed by atoms with Gasteiger partial charge in [-0.2, -0.15) is 0 Å². The zero-order valence-electron chi connectivity index (χ0n) is 21.7. The van der Waals surface area contributed by atoms with E-state index >= 15 is 0 Å². The highest BCUT2D eigenvalue weighted by molar-refractivity contribution is 6.31. The average molecular weight is 507 g/mol. The molecular weight excluding hydrogens is 472 g/mol. The second-order valence-electron chi connectivity index (χ2n) is 10.2. The topological polar surface area (TPSA) is 58.6 Å². The number of benzene rings is 3. The molecule has 0 aromatic heterocycles. The molecule has 190 valence electrons. The van der Waals surface area contributed by atoms with Crippen LogP contribution in [0.5, 0.6) is 5.75 Å². The standard InChI is InChI=1S/C30H35ClN2O3/c1-21-11-13-24(14-12-21)19-33(28(34)20-36-25-15-16-26(31)22(2)17-25)27(29(35)32-30(3,4)5)18-23-9-7-6-8-10-23/h6-17,27H,18-20H2,1-5H3,(H,32,35)/t27-/m0/s1. The first kappa shape index (κ1) is 27.3. The number of ether oxygens (including phenoxy) is 1. The van der Waals surface area contributed by atoms with Crippen LogP contribution in [0.3, 0.4) is 0 Å². The first-order valence-corrected chi connectivity index (χ1v) is 12.5. The Bertz CT molecular complexity index is 1170. The highest BCUT2D eigenvalue weighted by atomic mass is 35.5. The Morgan fingerprint density at radius 2 is 1.61 bits per heavy atom. The molecule has 2 amide bonds. The van der Waals surface area contributed by atoms with Crippen molar-refractivity contribution in [3.05, 3.63) is 100 Å². The second-order valence-corrected chi connectivity index (χ2v) is 10.6. The van der Waals surface area contributed by atoms with Gasteiger partial charge in [-0.25, -0.2) is 0 Å². The van der Waals surface area contributed by atoms with Gasteiger partial charge in [0.2, 0.25) is 5.91 Å². The summed E-state index contributed by atoms with van der Waals surface area (Å²) >= 11 is 6.13. The largest absolute Gasteiger partial charge is 0.484 e. The lowest BCUT2D eigenvalue weighted by Crippen LogP contribution is -2.55. The first-order chi connectivity index (χ1) is 17.0. The normalized spacial score (nSPS) is 12.1. The maximum Gasteiger partial charge on any atom is 0.261 e. The van der Waals surface area contributed by atoms with Gasteiger partial charge in [0.15, 0.2) is 6.61 Å². The van der Waals surface area contributed by atoms with Crippen LogP contribution in [0.1, 0.15) is 43.0 Å². The SMILES string of the molecule is Cc1ccc(CN(C(=O)COc2ccc(Cl)c(C)c2)[C@@H](Cc2ccccc2)C(=O)NC(C)(C)C)cc1. The van der Waals surface area contributed by atoms with Crippen LogP contribution < -0.4 is 10.1 Å². The van der Waals surface area contributed by atoms with Crippen LogP contribution in [0.15, 0.2) is 72.8 Å². The molecule has 5 nitrogen and oxygen atoms in total. The first-order valence-electron chi connectivity index (χ1n) is 12.1. The number of amides is 2. The zero-order chi connectivity index (χ0) is 26.3. The predicted molar refractivity (Wildman–Crippen MR) is 145 cm³/mol. The molecule has 0 fully saturated rings. The molecule has 0 aliphatic carbocycles. The van der Waals surface area contributed by atoms with Gasteiger partial charge < -0.3 is 15.0 Å². The Kier molecular flexibility index (Phi) is 9.16. The van der Waals surface area contributed by atoms with Gasteiger partial charge >= 0.3 is 0 Å². The minimum atomic E-state index is -0.712. The Balaban J connectivity index is 1.92. The summed E-state index contributed by atoms with van der Waals surface area (Å²) in [5.41, 5.74) is 3.47. The van der Waals surface area contributed by atoms with Crippen molar-refractivity contribution < 1.29 is 14.3 Å². The van der Waals surface area contributed by atoms with Gasteiger partial charge in [-0.3, -0.25) is 9.59 Å². The number of hydrogen-bond donors (Lipinski definition) is 1. The van der Waals surface area contributed by atoms with Gasteiger partial charge in [-0.15, -0.1) is 0 Å². The minimum Gasteiger partial charge on any atom is -0.484 e. The summed E-state index contributed by atoms with van der Waals surface area (Å²) in [7, 11) is 0. The summed E-state index contributed by atoms with van der Waals surface area (Å²) in [5, 5.41) is 3.70. The zero-order valence-corrected chi connectivity index (χ0v) is 22.4. The number of halogens is 1. The summed E-state index contributed by atoms with van der Waals surface area (Å²) in [5.74, 6) is 0.0848. The van der Waals surface area contributed by atoms with Crippen LogP contribution in [0.4, 0.5) is 0 Å². The lowest BCUT2D eigenvalue weighted by molar-refractivity contribution is -0.143. The van der Waals surface area contributed by atoms with E-state index in [2.05, 4.69) is 5.32 Å². The van der Waals surface area contributed by atoms with E-state index in [0.29, 0.717) is 17.2 Å². The molecule has 0 saturated carbocycles. The maximum atomic E-state index is 13.6. The smallest absolute Gasteiger partial charge is 0.261 e. The molecule has 0 saturated heterocycles. The number of nitrogens with zero attached hydrogens (tertiary/aromatic N) is 1. The highest BCUT2D eigenvalue weighted by Gasteiger charge is 2.32. The van der Waals surface area contributed by atoms with E-state index in [9.17, 15) is 9.59 Å². The van der Waals surface area contributed by atoms with Gasteiger partial charge in [-0.05, 0) is 69.5 Å². The Labute approximate surface area is 219 Å². The van der Waals surface area contributed by atoms with Gasteiger partial charge in [0, 0.05) is 23.5 Å². The Morgan fingerprint density at radius 3 is 2.22 bits per heavy atom. The van der Waals surface area contributed by atoms with Crippen molar-refractivity contribution >= 4 is 23.4 Å². The molecule has 6 heteroatoms. The van der Waals surface area contributed by atoms with E-state index in [1.807, 2.05) is 89.2 Å². The average Bonchev–Trinajstić information content (AvgIpc) is 2.82. The summed E-state index contributed by atoms with van der Waals surface area (Å²) in [6.45, 7) is 9.79. The minimum absolute atomic E-state index is 0.193. The molecule has 0 spiro atoms. The van der Waals surface area contributed by atoms with Crippen molar-refractivity contribution in [2.45, 2.75) is 59.2 Å². The van der Waals surface area contributed by atoms with Crippen molar-refractivity contribution in [1.82, 2.24) is 10.2 Å². The van der Waals surface area contributed by atoms with Crippen molar-refractivity contribution in [2.24, 2.45) is 0 Å². The third kappa shape index (κ3) is 8.13. The van der Waals surface area contributed by atoms with Crippen LogP contribution in [-0.4, -0.2) is 34.9 Å². The van der Waals surface area contributed by atoms with Crippen molar-refractivity contribution in [3.8, 4) is 5.75 Å². The van der Waals surface area contributed by atoms with Crippen LogP contribution in [-0.2, 0) is 22.6 Å². The molecule has 36 heavy (non-hydrogen) atoms. The number of nitrogens with one attached hydrogen (secondary N) is 1. The van der Waals surface area contributed by atoms with Crippen LogP contribution in [0, 0.1) is 13.8 Å². The number of carbonyl (C=O) groups excluding carboxylic acids is 2. The predicted octanol–water partition coefficient (Wildman–Crippen LogP) is 5.89. The summed E-state index contributed by atoms with van der Waals surface area (Å²) in [4.78, 5) is 28.8. The van der Waals surface area contributed by atoms with Crippen molar-refractivity contribution in [3.63, 3.8) is 0 Å². The third-order valence-electron chi connectivity index (χ3n) is 5.73. The fourth-order valence-corrected chi connectivity index (χ4v) is 3.95. The molecular formula is C30H35ClN2O3. The summed E-state index contributed by atoms with van der Waals surface area (Å²) in [6, 6.07) is 22.3. The van der Waals surface area contributed by atoms with E-state index in [0.717, 1.165) is 22.3 Å². The molecule has 0 radical (unpaired) electrons. The second kappa shape index (κ2) is 12.1. The van der Waals surface area contributed by atoms with Crippen LogP contribution in [0.2, 0.25) is 5.02 Å². The maximum absolute atomic E-state index is 13.6. The lowest BCUT2D eigenvalue weighted by Gasteiger charge is -2.33. The number of rotatable bonds is 9. The molecule has 0 heterocycles. The van der Waals surface area contributed by atoms with Crippen molar-refractivity contribution in [2.75, 3.05) is 6.61 Å². The van der Waals surface area contributed by atoms with Crippen molar-refractivity contribution in [1.29, 1.82) is 0 Å². The number of aryl methyl sites for hydroxylation is 2. The summed E-state index contributed by atoms with van der Waals surface area (Å²) < 4.78 is 5.84. The van der Waals surface area contributed by atoms with E-state index < -0.39 is 11.6 Å². The Morgan fingerprint density at radius 1 is 0.944 bits per heavy atom. The van der Waals surface area contributed by atoms with Gasteiger partial charge in [0.1, 0.15) is 11.8 Å². The van der Waals surface area contributed by atoms with E-state index in [-0.39, 0.29) is 25.0 Å². The summed E-state index contributed by atoms with van der Waals surface area (Å²) in [6.07, 6.45) is 0.389. The van der Waals surface area contributed by atoms with E-state index in [1.54, 1.807) is 23.1 Å². The fourth-order valence-electron chi connectivity index (χ4n) is 3.83. The van der Waals surface area contributed by atoms with Crippen LogP contribution in [0.25, 0.3) is 0 Å². The molecule has 3 aromatic rings. The highest BCUT2D eigenvalue weighted by Crippen LogP contribution is 2.22. The number of hydrogen-bond acceptors (Lipinski definition) is 3. The number of carbonyl (C=O) groups is 2. The quantitative estimate of drug-likeness (QED) is 0.393. The van der Waals surface area contributed by atoms with Gasteiger partial charge in [0.05, 0.1) is 0 Å². The molecule has 3 rings (SSSR count).